The Bertz CT molecular complexity index is 719. The highest BCUT2D eigenvalue weighted by Crippen LogP contribution is 2.19. The number of hydrogen-bond acceptors (Lipinski definition) is 4. The Hall–Kier alpha value is -2.08. The maximum atomic E-state index is 10.8. The summed E-state index contributed by atoms with van der Waals surface area (Å²) in [6, 6.07) is 14.6. The number of carbonyl (C=O) groups is 1. The van der Waals surface area contributed by atoms with E-state index in [2.05, 4.69) is 19.3 Å². The SMILES string of the molecule is CC(C)CN(NC[C@H](O)c1cccc(Cl)c1)c1ccc(CC(=O)O)cc1. The number of hydrogen-bond donors (Lipinski definition) is 3. The molecule has 0 saturated heterocycles. The molecule has 0 radical (unpaired) electrons. The van der Waals surface area contributed by atoms with Gasteiger partial charge in [-0.25, -0.2) is 5.43 Å². The number of anilines is 1. The number of carboxylic acids is 1. The lowest BCUT2D eigenvalue weighted by molar-refractivity contribution is -0.136. The van der Waals surface area contributed by atoms with Crippen molar-refractivity contribution in [1.29, 1.82) is 0 Å². The second-order valence-electron chi connectivity index (χ2n) is 6.67. The highest BCUT2D eigenvalue weighted by molar-refractivity contribution is 6.30. The van der Waals surface area contributed by atoms with Gasteiger partial charge in [-0.2, -0.15) is 0 Å². The maximum absolute atomic E-state index is 10.8. The summed E-state index contributed by atoms with van der Waals surface area (Å²) in [5, 5.41) is 21.8. The quantitative estimate of drug-likeness (QED) is 0.582. The van der Waals surface area contributed by atoms with E-state index in [-0.39, 0.29) is 6.42 Å². The normalized spacial score (nSPS) is 12.2. The second-order valence-corrected chi connectivity index (χ2v) is 7.11. The Morgan fingerprint density at radius 3 is 2.46 bits per heavy atom. The number of aliphatic hydroxyl groups excluding tert-OH is 1. The van der Waals surface area contributed by atoms with Crippen molar-refractivity contribution < 1.29 is 15.0 Å². The van der Waals surface area contributed by atoms with Gasteiger partial charge in [0.05, 0.1) is 18.2 Å². The molecule has 0 aromatic heterocycles. The minimum atomic E-state index is -0.848. The highest BCUT2D eigenvalue weighted by Gasteiger charge is 2.13. The first kappa shape index (κ1) is 20.2. The summed E-state index contributed by atoms with van der Waals surface area (Å²) >= 11 is 5.98. The van der Waals surface area contributed by atoms with E-state index >= 15 is 0 Å². The Morgan fingerprint density at radius 1 is 1.19 bits per heavy atom. The zero-order valence-electron chi connectivity index (χ0n) is 15.0. The number of rotatable bonds is 9. The number of hydrazine groups is 1. The molecule has 6 heteroatoms. The Morgan fingerprint density at radius 2 is 1.88 bits per heavy atom. The third-order valence-corrected chi connectivity index (χ3v) is 4.10. The molecule has 2 aromatic rings. The summed E-state index contributed by atoms with van der Waals surface area (Å²) in [5.41, 5.74) is 5.70. The van der Waals surface area contributed by atoms with Crippen molar-refractivity contribution in [3.63, 3.8) is 0 Å². The minimum absolute atomic E-state index is 0.00533. The van der Waals surface area contributed by atoms with Gasteiger partial charge in [0, 0.05) is 18.1 Å². The minimum Gasteiger partial charge on any atom is -0.481 e. The largest absolute Gasteiger partial charge is 0.481 e. The van der Waals surface area contributed by atoms with Crippen LogP contribution >= 0.6 is 11.6 Å². The molecular formula is C20H25ClN2O3. The number of aliphatic carboxylic acids is 1. The molecule has 0 bridgehead atoms. The van der Waals surface area contributed by atoms with Crippen LogP contribution in [0.25, 0.3) is 0 Å². The maximum Gasteiger partial charge on any atom is 0.307 e. The molecule has 2 rings (SSSR count). The van der Waals surface area contributed by atoms with Gasteiger partial charge in [0.1, 0.15) is 0 Å². The summed E-state index contributed by atoms with van der Waals surface area (Å²) in [4.78, 5) is 10.8. The van der Waals surface area contributed by atoms with E-state index in [4.69, 9.17) is 16.7 Å². The predicted octanol–water partition coefficient (Wildman–Crippen LogP) is 3.67. The zero-order valence-corrected chi connectivity index (χ0v) is 15.8. The molecule has 3 N–H and O–H groups in total. The van der Waals surface area contributed by atoms with Crippen molar-refractivity contribution in [3.05, 3.63) is 64.7 Å². The lowest BCUT2D eigenvalue weighted by Crippen LogP contribution is -2.42. The van der Waals surface area contributed by atoms with Gasteiger partial charge in [0.25, 0.3) is 0 Å². The van der Waals surface area contributed by atoms with Crippen molar-refractivity contribution in [2.24, 2.45) is 5.92 Å². The van der Waals surface area contributed by atoms with Crippen LogP contribution in [0.5, 0.6) is 0 Å². The Kier molecular flexibility index (Phi) is 7.45. The molecule has 0 amide bonds. The van der Waals surface area contributed by atoms with Crippen molar-refractivity contribution in [2.45, 2.75) is 26.4 Å². The van der Waals surface area contributed by atoms with Crippen molar-refractivity contribution in [2.75, 3.05) is 18.1 Å². The summed E-state index contributed by atoms with van der Waals surface area (Å²) in [6.45, 7) is 5.31. The smallest absolute Gasteiger partial charge is 0.307 e. The van der Waals surface area contributed by atoms with E-state index in [9.17, 15) is 9.90 Å². The Balaban J connectivity index is 2.05. The van der Waals surface area contributed by atoms with E-state index in [1.807, 2.05) is 41.4 Å². The van der Waals surface area contributed by atoms with Gasteiger partial charge in [0.15, 0.2) is 0 Å². The average Bonchev–Trinajstić information content (AvgIpc) is 2.58. The molecule has 0 aliphatic carbocycles. The number of nitrogens with one attached hydrogen (secondary N) is 1. The molecule has 0 heterocycles. The molecule has 0 fully saturated rings. The molecular weight excluding hydrogens is 352 g/mol. The molecule has 0 saturated carbocycles. The van der Waals surface area contributed by atoms with Crippen LogP contribution < -0.4 is 10.4 Å². The van der Waals surface area contributed by atoms with Crippen LogP contribution in [0.15, 0.2) is 48.5 Å². The van der Waals surface area contributed by atoms with E-state index in [1.165, 1.54) is 0 Å². The van der Waals surface area contributed by atoms with Gasteiger partial charge in [-0.15, -0.1) is 0 Å². The van der Waals surface area contributed by atoms with Crippen LogP contribution in [-0.4, -0.2) is 29.3 Å². The van der Waals surface area contributed by atoms with Gasteiger partial charge in [-0.3, -0.25) is 4.79 Å². The fourth-order valence-electron chi connectivity index (χ4n) is 2.62. The fourth-order valence-corrected chi connectivity index (χ4v) is 2.82. The number of halogens is 1. The Labute approximate surface area is 159 Å². The van der Waals surface area contributed by atoms with Crippen molar-refractivity contribution in [3.8, 4) is 0 Å². The van der Waals surface area contributed by atoms with Gasteiger partial charge in [-0.1, -0.05) is 49.7 Å². The summed E-state index contributed by atoms with van der Waals surface area (Å²) in [5.74, 6) is -0.441. The third kappa shape index (κ3) is 6.33. The highest BCUT2D eigenvalue weighted by atomic mass is 35.5. The topological polar surface area (TPSA) is 72.8 Å². The number of nitrogens with zero attached hydrogens (tertiary/aromatic N) is 1. The van der Waals surface area contributed by atoms with Crippen molar-refractivity contribution >= 4 is 23.3 Å². The van der Waals surface area contributed by atoms with Crippen LogP contribution in [0.1, 0.15) is 31.1 Å². The lowest BCUT2D eigenvalue weighted by atomic mass is 10.1. The van der Waals surface area contributed by atoms with Gasteiger partial charge >= 0.3 is 5.97 Å². The van der Waals surface area contributed by atoms with Crippen LogP contribution in [0.3, 0.4) is 0 Å². The van der Waals surface area contributed by atoms with E-state index in [1.54, 1.807) is 12.1 Å². The van der Waals surface area contributed by atoms with Crippen LogP contribution in [0, 0.1) is 5.92 Å². The monoisotopic (exact) mass is 376 g/mol. The molecule has 5 nitrogen and oxygen atoms in total. The van der Waals surface area contributed by atoms with Gasteiger partial charge < -0.3 is 15.2 Å². The van der Waals surface area contributed by atoms with Gasteiger partial charge in [-0.05, 0) is 41.3 Å². The molecule has 140 valence electrons. The summed E-state index contributed by atoms with van der Waals surface area (Å²) < 4.78 is 0. The van der Waals surface area contributed by atoms with Crippen molar-refractivity contribution in [1.82, 2.24) is 5.43 Å². The molecule has 0 aliphatic heterocycles. The number of aliphatic hydroxyl groups is 1. The second kappa shape index (κ2) is 9.57. The van der Waals surface area contributed by atoms with Gasteiger partial charge in [0.2, 0.25) is 0 Å². The van der Waals surface area contributed by atoms with E-state index in [0.29, 0.717) is 17.5 Å². The predicted molar refractivity (Wildman–Crippen MR) is 104 cm³/mol. The molecule has 0 aliphatic rings. The van der Waals surface area contributed by atoms with E-state index in [0.717, 1.165) is 23.4 Å². The molecule has 2 aromatic carbocycles. The van der Waals surface area contributed by atoms with E-state index < -0.39 is 12.1 Å². The zero-order chi connectivity index (χ0) is 19.1. The fraction of sp³-hybridized carbons (Fsp3) is 0.350. The lowest BCUT2D eigenvalue weighted by Gasteiger charge is -2.29. The first-order valence-electron chi connectivity index (χ1n) is 8.60. The third-order valence-electron chi connectivity index (χ3n) is 3.86. The van der Waals surface area contributed by atoms with Crippen LogP contribution in [-0.2, 0) is 11.2 Å². The first-order chi connectivity index (χ1) is 12.3. The van der Waals surface area contributed by atoms with Crippen LogP contribution in [0.4, 0.5) is 5.69 Å². The first-order valence-corrected chi connectivity index (χ1v) is 8.98. The number of carboxylic acid groups (broad SMARTS) is 1. The molecule has 0 spiro atoms. The standard InChI is InChI=1S/C20H25ClN2O3/c1-14(2)13-23(18-8-6-15(7-9-18)10-20(25)26)22-12-19(24)16-4-3-5-17(21)11-16/h3-9,11,14,19,22,24H,10,12-13H2,1-2H3,(H,25,26)/t19-/m0/s1. The molecule has 0 unspecified atom stereocenters. The molecule has 26 heavy (non-hydrogen) atoms. The summed E-state index contributed by atoms with van der Waals surface area (Å²) in [7, 11) is 0. The summed E-state index contributed by atoms with van der Waals surface area (Å²) in [6.07, 6.45) is -0.680. The number of benzene rings is 2. The van der Waals surface area contributed by atoms with Crippen LogP contribution in [0.2, 0.25) is 5.02 Å². The average molecular weight is 377 g/mol. The molecule has 1 atom stereocenters.